The Morgan fingerprint density at radius 3 is 2.48 bits per heavy atom. The number of sulfonamides is 1. The fourth-order valence-electron chi connectivity index (χ4n) is 2.56. The maximum Gasteiger partial charge on any atom is 0.238 e. The van der Waals surface area contributed by atoms with Gasteiger partial charge in [0.25, 0.3) is 0 Å². The second kappa shape index (κ2) is 8.22. The van der Waals surface area contributed by atoms with E-state index in [9.17, 15) is 12.8 Å². The number of nitrogens with two attached hydrogens (primary N) is 1. The Labute approximate surface area is 167 Å². The Balaban J connectivity index is 1.83. The molecule has 0 bridgehead atoms. The van der Waals surface area contributed by atoms with Crippen molar-refractivity contribution in [2.24, 2.45) is 5.14 Å². The summed E-state index contributed by atoms with van der Waals surface area (Å²) < 4.78 is 37.4. The molecule has 0 aliphatic rings. The molecule has 29 heavy (non-hydrogen) atoms. The minimum Gasteiger partial charge on any atom is -0.338 e. The Morgan fingerprint density at radius 1 is 1.14 bits per heavy atom. The van der Waals surface area contributed by atoms with Crippen LogP contribution in [0.4, 0.5) is 27.5 Å². The van der Waals surface area contributed by atoms with Gasteiger partial charge in [-0.1, -0.05) is 18.2 Å². The third-order valence-corrected chi connectivity index (χ3v) is 5.05. The van der Waals surface area contributed by atoms with Crippen LogP contribution >= 0.6 is 0 Å². The zero-order chi connectivity index (χ0) is 21.0. The molecule has 2 aromatic carbocycles. The second-order valence-electron chi connectivity index (χ2n) is 6.20. The van der Waals surface area contributed by atoms with Crippen LogP contribution in [0.25, 0.3) is 0 Å². The molecule has 0 saturated heterocycles. The summed E-state index contributed by atoms with van der Waals surface area (Å²) in [5, 5.41) is 19.6. The summed E-state index contributed by atoms with van der Waals surface area (Å²) in [7, 11) is -3.88. The molecule has 8 nitrogen and oxygen atoms in total. The monoisotopic (exact) mass is 412 g/mol. The van der Waals surface area contributed by atoms with E-state index in [1.165, 1.54) is 6.07 Å². The number of nitriles is 1. The Hall–Kier alpha value is -3.55. The summed E-state index contributed by atoms with van der Waals surface area (Å²) in [5.74, 6) is -0.653. The highest BCUT2D eigenvalue weighted by Crippen LogP contribution is 2.23. The molecule has 0 atom stereocenters. The van der Waals surface area contributed by atoms with E-state index in [0.29, 0.717) is 16.9 Å². The van der Waals surface area contributed by atoms with Gasteiger partial charge < -0.3 is 10.6 Å². The van der Waals surface area contributed by atoms with Gasteiger partial charge in [-0.2, -0.15) is 10.2 Å². The van der Waals surface area contributed by atoms with Crippen LogP contribution in [0.2, 0.25) is 0 Å². The number of aryl methyl sites for hydroxylation is 1. The average molecular weight is 412 g/mol. The third kappa shape index (κ3) is 5.04. The lowest BCUT2D eigenvalue weighted by atomic mass is 10.1. The highest BCUT2D eigenvalue weighted by molar-refractivity contribution is 7.89. The van der Waals surface area contributed by atoms with Gasteiger partial charge >= 0.3 is 0 Å². The first-order chi connectivity index (χ1) is 13.8. The van der Waals surface area contributed by atoms with Crippen LogP contribution in [-0.4, -0.2) is 18.4 Å². The predicted molar refractivity (Wildman–Crippen MR) is 107 cm³/mol. The van der Waals surface area contributed by atoms with Crippen LogP contribution in [-0.2, 0) is 16.4 Å². The number of anilines is 4. The molecule has 0 amide bonds. The number of primary sulfonamides is 1. The van der Waals surface area contributed by atoms with E-state index in [1.54, 1.807) is 43.3 Å². The second-order valence-corrected chi connectivity index (χ2v) is 7.73. The first-order valence-corrected chi connectivity index (χ1v) is 9.97. The van der Waals surface area contributed by atoms with Crippen molar-refractivity contribution in [2.45, 2.75) is 18.2 Å². The van der Waals surface area contributed by atoms with Gasteiger partial charge in [0, 0.05) is 11.4 Å². The van der Waals surface area contributed by atoms with Crippen molar-refractivity contribution < 1.29 is 12.8 Å². The van der Waals surface area contributed by atoms with Gasteiger partial charge in [0.2, 0.25) is 16.0 Å². The number of rotatable bonds is 6. The molecular formula is C19H17FN6O2S. The maximum atomic E-state index is 14.1. The number of hydrogen-bond donors (Lipinski definition) is 3. The van der Waals surface area contributed by atoms with Crippen LogP contribution in [0.5, 0.6) is 0 Å². The highest BCUT2D eigenvalue weighted by atomic mass is 32.2. The van der Waals surface area contributed by atoms with Gasteiger partial charge in [-0.25, -0.2) is 22.9 Å². The van der Waals surface area contributed by atoms with Crippen molar-refractivity contribution >= 4 is 33.2 Å². The summed E-state index contributed by atoms with van der Waals surface area (Å²) in [6.07, 6.45) is 1.28. The number of aromatic nitrogens is 2. The topological polar surface area (TPSA) is 134 Å². The fraction of sp³-hybridized carbons (Fsp3) is 0.105. The fourth-order valence-corrected chi connectivity index (χ4v) is 3.37. The lowest BCUT2D eigenvalue weighted by molar-refractivity contribution is 0.597. The molecule has 0 unspecified atom stereocenters. The quantitative estimate of drug-likeness (QED) is 0.566. The van der Waals surface area contributed by atoms with Gasteiger partial charge in [-0.05, 0) is 42.3 Å². The van der Waals surface area contributed by atoms with Crippen LogP contribution in [0.3, 0.4) is 0 Å². The van der Waals surface area contributed by atoms with Crippen molar-refractivity contribution in [3.63, 3.8) is 0 Å². The summed E-state index contributed by atoms with van der Waals surface area (Å²) in [6, 6.07) is 13.6. The highest BCUT2D eigenvalue weighted by Gasteiger charge is 2.13. The van der Waals surface area contributed by atoms with E-state index < -0.39 is 15.8 Å². The molecule has 0 aliphatic carbocycles. The molecule has 0 radical (unpaired) electrons. The van der Waals surface area contributed by atoms with Crippen LogP contribution < -0.4 is 15.8 Å². The molecule has 4 N–H and O–H groups in total. The Morgan fingerprint density at radius 2 is 1.83 bits per heavy atom. The SMILES string of the molecule is Cc1ccc(Nc2ncc(F)c(Nc3ccc(CC#N)cc3)n2)cc1S(N)(=O)=O. The standard InChI is InChI=1S/C19H17FN6O2S/c1-12-2-5-15(10-17(12)29(22,27)28)25-19-23-11-16(20)18(26-19)24-14-6-3-13(4-7-14)8-9-21/h2-7,10-11H,8H2,1H3,(H2,22,27,28)(H2,23,24,25,26). The molecule has 0 aliphatic heterocycles. The molecule has 1 aromatic heterocycles. The van der Waals surface area contributed by atoms with Crippen molar-refractivity contribution in [2.75, 3.05) is 10.6 Å². The molecule has 0 saturated carbocycles. The smallest absolute Gasteiger partial charge is 0.238 e. The van der Waals surface area contributed by atoms with Crippen molar-refractivity contribution in [3.8, 4) is 6.07 Å². The van der Waals surface area contributed by atoms with E-state index in [1.807, 2.05) is 0 Å². The molecule has 3 rings (SSSR count). The first kappa shape index (κ1) is 20.2. The predicted octanol–water partition coefficient (Wildman–Crippen LogP) is 3.12. The van der Waals surface area contributed by atoms with E-state index in [0.717, 1.165) is 11.8 Å². The minimum absolute atomic E-state index is 0.0274. The van der Waals surface area contributed by atoms with Gasteiger partial charge in [-0.3, -0.25) is 0 Å². The average Bonchev–Trinajstić information content (AvgIpc) is 2.67. The number of nitrogens with zero attached hydrogens (tertiary/aromatic N) is 3. The van der Waals surface area contributed by atoms with Crippen molar-refractivity contribution in [1.82, 2.24) is 9.97 Å². The summed E-state index contributed by atoms with van der Waals surface area (Å²) in [5.41, 5.74) is 2.31. The zero-order valence-corrected chi connectivity index (χ0v) is 16.2. The van der Waals surface area contributed by atoms with Crippen molar-refractivity contribution in [1.29, 1.82) is 5.26 Å². The van der Waals surface area contributed by atoms with Gasteiger partial charge in [0.15, 0.2) is 11.6 Å². The first-order valence-electron chi connectivity index (χ1n) is 8.42. The van der Waals surface area contributed by atoms with Gasteiger partial charge in [0.1, 0.15) is 0 Å². The van der Waals surface area contributed by atoms with Crippen molar-refractivity contribution in [3.05, 3.63) is 65.6 Å². The third-order valence-electron chi connectivity index (χ3n) is 3.99. The number of hydrogen-bond acceptors (Lipinski definition) is 7. The van der Waals surface area contributed by atoms with Crippen LogP contribution in [0.1, 0.15) is 11.1 Å². The van der Waals surface area contributed by atoms with Gasteiger partial charge in [-0.15, -0.1) is 0 Å². The zero-order valence-electron chi connectivity index (χ0n) is 15.3. The molecular weight excluding hydrogens is 395 g/mol. The van der Waals surface area contributed by atoms with E-state index in [2.05, 4.69) is 26.7 Å². The Bertz CT molecular complexity index is 1190. The molecule has 0 fully saturated rings. The molecule has 3 aromatic rings. The van der Waals surface area contributed by atoms with Crippen LogP contribution in [0.15, 0.2) is 53.6 Å². The summed E-state index contributed by atoms with van der Waals surface area (Å²) in [6.45, 7) is 1.63. The molecule has 0 spiro atoms. The molecule has 10 heteroatoms. The summed E-state index contributed by atoms with van der Waals surface area (Å²) in [4.78, 5) is 7.94. The molecule has 148 valence electrons. The lowest BCUT2D eigenvalue weighted by Gasteiger charge is -2.11. The normalized spacial score (nSPS) is 11.0. The van der Waals surface area contributed by atoms with E-state index >= 15 is 0 Å². The van der Waals surface area contributed by atoms with E-state index in [-0.39, 0.29) is 23.1 Å². The lowest BCUT2D eigenvalue weighted by Crippen LogP contribution is -2.14. The summed E-state index contributed by atoms with van der Waals surface area (Å²) >= 11 is 0. The number of halogens is 1. The Kier molecular flexibility index (Phi) is 5.72. The molecule has 1 heterocycles. The van der Waals surface area contributed by atoms with Crippen LogP contribution in [0, 0.1) is 24.1 Å². The largest absolute Gasteiger partial charge is 0.338 e. The number of nitrogens with one attached hydrogen (secondary N) is 2. The van der Waals surface area contributed by atoms with Gasteiger partial charge in [0.05, 0.1) is 23.6 Å². The maximum absolute atomic E-state index is 14.1. The number of benzene rings is 2. The van der Waals surface area contributed by atoms with E-state index in [4.69, 9.17) is 10.4 Å². The minimum atomic E-state index is -3.88.